The van der Waals surface area contributed by atoms with Crippen LogP contribution in [0.15, 0.2) is 16.6 Å². The topological polar surface area (TPSA) is 29.1 Å². The molecule has 106 valence electrons. The molecule has 0 saturated heterocycles. The lowest BCUT2D eigenvalue weighted by Crippen LogP contribution is -2.26. The fourth-order valence-electron chi connectivity index (χ4n) is 1.62. The summed E-state index contributed by atoms with van der Waals surface area (Å²) in [6.45, 7) is 0.399. The zero-order valence-corrected chi connectivity index (χ0v) is 12.7. The van der Waals surface area contributed by atoms with Crippen LogP contribution in [0.1, 0.15) is 36.0 Å². The number of alkyl halides is 1. The van der Waals surface area contributed by atoms with E-state index in [1.54, 1.807) is 0 Å². The second kappa shape index (κ2) is 8.48. The highest BCUT2D eigenvalue weighted by molar-refractivity contribution is 9.10. The van der Waals surface area contributed by atoms with E-state index in [0.29, 0.717) is 12.4 Å². The lowest BCUT2D eigenvalue weighted by Gasteiger charge is -2.07. The number of hydrogen-bond acceptors (Lipinski definition) is 1. The van der Waals surface area contributed by atoms with Crippen molar-refractivity contribution in [3.05, 3.63) is 33.8 Å². The Balaban J connectivity index is 2.46. The first-order valence-corrected chi connectivity index (χ1v) is 7.37. The molecule has 0 aliphatic rings. The molecule has 1 rings (SSSR count). The normalized spacial score (nSPS) is 10.5. The third kappa shape index (κ3) is 5.45. The molecule has 1 aromatic rings. The Morgan fingerprint density at radius 3 is 2.32 bits per heavy atom. The van der Waals surface area contributed by atoms with Crippen molar-refractivity contribution in [3.8, 4) is 0 Å². The summed E-state index contributed by atoms with van der Waals surface area (Å²) in [4.78, 5) is 11.7. The molecule has 0 saturated carbocycles. The zero-order chi connectivity index (χ0) is 14.3. The number of carbonyl (C=O) groups excluding carboxylic acids is 1. The summed E-state index contributed by atoms with van der Waals surface area (Å²) in [7, 11) is 0. The van der Waals surface area contributed by atoms with Gasteiger partial charge in [0, 0.05) is 16.9 Å². The van der Waals surface area contributed by atoms with Gasteiger partial charge in [-0.1, -0.05) is 28.8 Å². The second-order valence-electron chi connectivity index (χ2n) is 4.10. The predicted molar refractivity (Wildman–Crippen MR) is 75.6 cm³/mol. The molecule has 19 heavy (non-hydrogen) atoms. The monoisotopic (exact) mass is 353 g/mol. The number of nitrogens with one attached hydrogen (secondary N) is 1. The van der Waals surface area contributed by atoms with Crippen LogP contribution in [0, 0.1) is 11.6 Å². The lowest BCUT2D eigenvalue weighted by molar-refractivity contribution is 0.0944. The van der Waals surface area contributed by atoms with Gasteiger partial charge in [0.1, 0.15) is 17.2 Å². The molecule has 1 aromatic carbocycles. The Labute approximate surface area is 124 Å². The van der Waals surface area contributed by atoms with Gasteiger partial charge in [-0.2, -0.15) is 0 Å². The molecule has 0 bridgehead atoms. The molecule has 0 aliphatic carbocycles. The van der Waals surface area contributed by atoms with Gasteiger partial charge in [-0.15, -0.1) is 11.6 Å². The van der Waals surface area contributed by atoms with Gasteiger partial charge >= 0.3 is 0 Å². The summed E-state index contributed by atoms with van der Waals surface area (Å²) >= 11 is 8.50. The van der Waals surface area contributed by atoms with E-state index < -0.39 is 23.1 Å². The van der Waals surface area contributed by atoms with Crippen LogP contribution in [0.5, 0.6) is 0 Å². The van der Waals surface area contributed by atoms with Crippen LogP contribution in [0.4, 0.5) is 8.78 Å². The van der Waals surface area contributed by atoms with Crippen molar-refractivity contribution in [1.82, 2.24) is 5.32 Å². The Kier molecular flexibility index (Phi) is 7.31. The SMILES string of the molecule is O=C(NCCCCCCCl)c1c(F)cc(Br)cc1F. The van der Waals surface area contributed by atoms with Crippen LogP contribution < -0.4 is 5.32 Å². The van der Waals surface area contributed by atoms with Gasteiger partial charge in [-0.05, 0) is 25.0 Å². The van der Waals surface area contributed by atoms with Crippen LogP contribution in [-0.2, 0) is 0 Å². The van der Waals surface area contributed by atoms with Gasteiger partial charge in [0.25, 0.3) is 5.91 Å². The minimum atomic E-state index is -0.869. The first kappa shape index (κ1) is 16.4. The van der Waals surface area contributed by atoms with Gasteiger partial charge in [-0.25, -0.2) is 8.78 Å². The van der Waals surface area contributed by atoms with Gasteiger partial charge in [0.05, 0.1) is 0 Å². The van der Waals surface area contributed by atoms with Crippen LogP contribution in [-0.4, -0.2) is 18.3 Å². The van der Waals surface area contributed by atoms with E-state index in [4.69, 9.17) is 11.6 Å². The molecule has 0 atom stereocenters. The largest absolute Gasteiger partial charge is 0.352 e. The van der Waals surface area contributed by atoms with Crippen LogP contribution in [0.2, 0.25) is 0 Å². The van der Waals surface area contributed by atoms with E-state index in [-0.39, 0.29) is 4.47 Å². The molecule has 0 fully saturated rings. The molecule has 0 aliphatic heterocycles. The Morgan fingerprint density at radius 1 is 1.16 bits per heavy atom. The van der Waals surface area contributed by atoms with E-state index in [1.807, 2.05) is 0 Å². The Bertz CT molecular complexity index is 420. The van der Waals surface area contributed by atoms with Crippen molar-refractivity contribution in [2.45, 2.75) is 25.7 Å². The smallest absolute Gasteiger partial charge is 0.257 e. The molecular formula is C13H15BrClF2NO. The number of hydrogen-bond donors (Lipinski definition) is 1. The Hall–Kier alpha value is -0.680. The highest BCUT2D eigenvalue weighted by Crippen LogP contribution is 2.19. The van der Waals surface area contributed by atoms with E-state index in [9.17, 15) is 13.6 Å². The highest BCUT2D eigenvalue weighted by Gasteiger charge is 2.17. The summed E-state index contributed by atoms with van der Waals surface area (Å²) in [6.07, 6.45) is 3.62. The summed E-state index contributed by atoms with van der Waals surface area (Å²) in [5.41, 5.74) is -0.538. The molecule has 0 heterocycles. The summed E-state index contributed by atoms with van der Waals surface area (Å²) in [5.74, 6) is -1.83. The van der Waals surface area contributed by atoms with E-state index in [0.717, 1.165) is 37.8 Å². The fourth-order valence-corrected chi connectivity index (χ4v) is 2.21. The minimum absolute atomic E-state index is 0.264. The van der Waals surface area contributed by atoms with E-state index in [1.165, 1.54) is 0 Å². The number of benzene rings is 1. The van der Waals surface area contributed by atoms with Crippen molar-refractivity contribution in [2.75, 3.05) is 12.4 Å². The average molecular weight is 355 g/mol. The van der Waals surface area contributed by atoms with Crippen molar-refractivity contribution in [1.29, 1.82) is 0 Å². The zero-order valence-electron chi connectivity index (χ0n) is 10.3. The number of halogens is 4. The first-order valence-electron chi connectivity index (χ1n) is 6.05. The molecule has 2 nitrogen and oxygen atoms in total. The first-order chi connectivity index (χ1) is 9.06. The summed E-state index contributed by atoms with van der Waals surface area (Å²) in [5, 5.41) is 2.51. The predicted octanol–water partition coefficient (Wildman–Crippen LogP) is 4.26. The second-order valence-corrected chi connectivity index (χ2v) is 5.40. The van der Waals surface area contributed by atoms with Gasteiger partial charge in [0.2, 0.25) is 0 Å². The van der Waals surface area contributed by atoms with Gasteiger partial charge in [-0.3, -0.25) is 4.79 Å². The maximum Gasteiger partial charge on any atom is 0.257 e. The van der Waals surface area contributed by atoms with E-state index >= 15 is 0 Å². The molecule has 1 amide bonds. The third-order valence-corrected chi connectivity index (χ3v) is 3.31. The fraction of sp³-hybridized carbons (Fsp3) is 0.462. The average Bonchev–Trinajstić information content (AvgIpc) is 2.32. The highest BCUT2D eigenvalue weighted by atomic mass is 79.9. The number of rotatable bonds is 7. The molecule has 0 unspecified atom stereocenters. The molecule has 0 aromatic heterocycles. The van der Waals surface area contributed by atoms with Crippen molar-refractivity contribution < 1.29 is 13.6 Å². The van der Waals surface area contributed by atoms with Crippen LogP contribution in [0.3, 0.4) is 0 Å². The molecule has 0 spiro atoms. The Morgan fingerprint density at radius 2 is 1.74 bits per heavy atom. The van der Waals surface area contributed by atoms with Crippen molar-refractivity contribution >= 4 is 33.4 Å². The van der Waals surface area contributed by atoms with Gasteiger partial charge < -0.3 is 5.32 Å². The van der Waals surface area contributed by atoms with Crippen molar-refractivity contribution in [3.63, 3.8) is 0 Å². The van der Waals surface area contributed by atoms with Crippen LogP contribution in [0.25, 0.3) is 0 Å². The maximum absolute atomic E-state index is 13.5. The number of amides is 1. The lowest BCUT2D eigenvalue weighted by atomic mass is 10.1. The number of carbonyl (C=O) groups is 1. The molecule has 1 N–H and O–H groups in total. The summed E-state index contributed by atoms with van der Waals surface area (Å²) in [6, 6.07) is 2.14. The van der Waals surface area contributed by atoms with Gasteiger partial charge in [0.15, 0.2) is 0 Å². The minimum Gasteiger partial charge on any atom is -0.352 e. The van der Waals surface area contributed by atoms with Crippen LogP contribution >= 0.6 is 27.5 Å². The maximum atomic E-state index is 13.5. The standard InChI is InChI=1S/C13H15BrClF2NO/c14-9-7-10(16)12(11(17)8-9)13(19)18-6-4-2-1-3-5-15/h7-8H,1-6H2,(H,18,19). The quantitative estimate of drug-likeness (QED) is 0.575. The molecular weight excluding hydrogens is 340 g/mol. The molecule has 6 heteroatoms. The van der Waals surface area contributed by atoms with Crippen molar-refractivity contribution in [2.24, 2.45) is 0 Å². The number of unbranched alkanes of at least 4 members (excludes halogenated alkanes) is 3. The van der Waals surface area contributed by atoms with E-state index in [2.05, 4.69) is 21.2 Å². The summed E-state index contributed by atoms with van der Waals surface area (Å²) < 4.78 is 27.2. The third-order valence-electron chi connectivity index (χ3n) is 2.58. The molecule has 0 radical (unpaired) electrons.